The molecule has 0 amide bonds. The fourth-order valence-corrected chi connectivity index (χ4v) is 1.64. The van der Waals surface area contributed by atoms with E-state index in [1.807, 2.05) is 0 Å². The third-order valence-electron chi connectivity index (χ3n) is 2.24. The highest BCUT2D eigenvalue weighted by atomic mass is 16.5. The van der Waals surface area contributed by atoms with Gasteiger partial charge in [-0.15, -0.1) is 0 Å². The van der Waals surface area contributed by atoms with E-state index < -0.39 is 0 Å². The highest BCUT2D eigenvalue weighted by molar-refractivity contribution is 5.38. The van der Waals surface area contributed by atoms with E-state index >= 15 is 0 Å². The van der Waals surface area contributed by atoms with E-state index in [-0.39, 0.29) is 0 Å². The summed E-state index contributed by atoms with van der Waals surface area (Å²) < 4.78 is 5.19. The third-order valence-corrected chi connectivity index (χ3v) is 2.24. The molecule has 1 fully saturated rings. The number of rotatable bonds is 1. The van der Waals surface area contributed by atoms with E-state index in [1.54, 1.807) is 7.11 Å². The second-order valence-electron chi connectivity index (χ2n) is 2.74. The maximum absolute atomic E-state index is 5.19. The summed E-state index contributed by atoms with van der Waals surface area (Å²) in [6, 6.07) is 0. The van der Waals surface area contributed by atoms with E-state index in [0.29, 0.717) is 17.9 Å². The molecule has 0 aromatic rings. The number of methoxy groups -OCH3 is 1. The molecule has 0 heterocycles. The van der Waals surface area contributed by atoms with Crippen molar-refractivity contribution in [2.75, 3.05) is 7.11 Å². The van der Waals surface area contributed by atoms with Gasteiger partial charge in [-0.05, 0) is 5.57 Å². The lowest BCUT2D eigenvalue weighted by Crippen LogP contribution is -1.93. The molecule has 0 aromatic carbocycles. The van der Waals surface area contributed by atoms with Gasteiger partial charge in [-0.2, -0.15) is 0 Å². The van der Waals surface area contributed by atoms with Gasteiger partial charge in [0.2, 0.25) is 0 Å². The molecule has 9 heavy (non-hydrogen) atoms. The van der Waals surface area contributed by atoms with Gasteiger partial charge >= 0.3 is 0 Å². The minimum Gasteiger partial charge on any atom is -0.380 e. The van der Waals surface area contributed by atoms with Crippen molar-refractivity contribution in [1.82, 2.24) is 0 Å². The molecule has 1 nitrogen and oxygen atoms in total. The molecule has 2 aliphatic carbocycles. The van der Waals surface area contributed by atoms with Crippen LogP contribution in [0.3, 0.4) is 0 Å². The second-order valence-corrected chi connectivity index (χ2v) is 2.74. The number of allylic oxidation sites excluding steroid dienone is 1. The van der Waals surface area contributed by atoms with E-state index in [9.17, 15) is 0 Å². The first-order valence-corrected chi connectivity index (χ1v) is 3.24. The van der Waals surface area contributed by atoms with Gasteiger partial charge in [-0.1, -0.05) is 18.7 Å². The van der Waals surface area contributed by atoms with Gasteiger partial charge in [0, 0.05) is 18.9 Å². The molecular formula is C8H10O. The van der Waals surface area contributed by atoms with Crippen molar-refractivity contribution in [3.8, 4) is 0 Å². The lowest BCUT2D eigenvalue weighted by Gasteiger charge is -1.95. The summed E-state index contributed by atoms with van der Waals surface area (Å²) in [5.74, 6) is 1.30. The van der Waals surface area contributed by atoms with Crippen molar-refractivity contribution in [2.24, 2.45) is 11.8 Å². The first kappa shape index (κ1) is 5.24. The number of hydrogen-bond donors (Lipinski definition) is 0. The SMILES string of the molecule is C=C1C=C[C@@H]2[C@H](OC)[C@H]12. The van der Waals surface area contributed by atoms with Gasteiger partial charge in [-0.25, -0.2) is 0 Å². The molecule has 0 unspecified atom stereocenters. The van der Waals surface area contributed by atoms with Crippen LogP contribution in [0.25, 0.3) is 0 Å². The highest BCUT2D eigenvalue weighted by Gasteiger charge is 2.52. The summed E-state index contributed by atoms with van der Waals surface area (Å²) in [6.45, 7) is 3.91. The van der Waals surface area contributed by atoms with Gasteiger partial charge in [0.25, 0.3) is 0 Å². The minimum absolute atomic E-state index is 0.461. The molecule has 0 N–H and O–H groups in total. The molecule has 0 spiro atoms. The molecule has 0 radical (unpaired) electrons. The van der Waals surface area contributed by atoms with Crippen molar-refractivity contribution in [3.05, 3.63) is 24.3 Å². The Labute approximate surface area is 55.0 Å². The van der Waals surface area contributed by atoms with E-state index in [0.717, 1.165) is 0 Å². The number of fused-ring (bicyclic) bond motifs is 1. The zero-order chi connectivity index (χ0) is 6.43. The molecule has 0 aliphatic heterocycles. The van der Waals surface area contributed by atoms with Gasteiger partial charge < -0.3 is 4.74 Å². The Morgan fingerprint density at radius 3 is 2.78 bits per heavy atom. The second kappa shape index (κ2) is 1.48. The Kier molecular flexibility index (Phi) is 0.862. The molecule has 1 heteroatoms. The quantitative estimate of drug-likeness (QED) is 0.510. The van der Waals surface area contributed by atoms with Crippen LogP contribution >= 0.6 is 0 Å². The first-order chi connectivity index (χ1) is 4.34. The summed E-state index contributed by atoms with van der Waals surface area (Å²) in [5, 5.41) is 0. The van der Waals surface area contributed by atoms with Gasteiger partial charge in [0.05, 0.1) is 6.10 Å². The van der Waals surface area contributed by atoms with Crippen molar-refractivity contribution < 1.29 is 4.74 Å². The van der Waals surface area contributed by atoms with Gasteiger partial charge in [0.1, 0.15) is 0 Å². The summed E-state index contributed by atoms with van der Waals surface area (Å²) >= 11 is 0. The topological polar surface area (TPSA) is 9.23 Å². The van der Waals surface area contributed by atoms with Crippen LogP contribution in [0, 0.1) is 11.8 Å². The summed E-state index contributed by atoms with van der Waals surface area (Å²) in [7, 11) is 1.77. The zero-order valence-electron chi connectivity index (χ0n) is 5.50. The van der Waals surface area contributed by atoms with Gasteiger partial charge in [-0.3, -0.25) is 0 Å². The van der Waals surface area contributed by atoms with E-state index in [1.165, 1.54) is 5.57 Å². The van der Waals surface area contributed by atoms with Crippen LogP contribution in [0.15, 0.2) is 24.3 Å². The van der Waals surface area contributed by atoms with Crippen molar-refractivity contribution in [3.63, 3.8) is 0 Å². The standard InChI is InChI=1S/C8H10O/c1-5-3-4-6-7(5)8(6)9-2/h3-4,6-8H,1H2,2H3/t6-,7+,8-/m0/s1. The Bertz CT molecular complexity index is 181. The molecule has 0 aromatic heterocycles. The lowest BCUT2D eigenvalue weighted by atomic mass is 10.2. The smallest absolute Gasteiger partial charge is 0.0715 e. The van der Waals surface area contributed by atoms with Crippen LogP contribution in [0.2, 0.25) is 0 Å². The Morgan fingerprint density at radius 1 is 1.67 bits per heavy atom. The normalized spacial score (nSPS) is 45.4. The molecule has 0 saturated heterocycles. The monoisotopic (exact) mass is 122 g/mol. The van der Waals surface area contributed by atoms with Crippen LogP contribution in [-0.2, 0) is 4.74 Å². The maximum atomic E-state index is 5.19. The van der Waals surface area contributed by atoms with Crippen LogP contribution in [-0.4, -0.2) is 13.2 Å². The summed E-state index contributed by atoms with van der Waals surface area (Å²) in [6.07, 6.45) is 4.76. The highest BCUT2D eigenvalue weighted by Crippen LogP contribution is 2.51. The molecular weight excluding hydrogens is 112 g/mol. The summed E-state index contributed by atoms with van der Waals surface area (Å²) in [4.78, 5) is 0. The average Bonchev–Trinajstić information content (AvgIpc) is 2.46. The Balaban J connectivity index is 2.15. The zero-order valence-corrected chi connectivity index (χ0v) is 5.50. The molecule has 3 atom stereocenters. The Hall–Kier alpha value is -0.560. The molecule has 48 valence electrons. The number of ether oxygens (including phenoxy) is 1. The first-order valence-electron chi connectivity index (χ1n) is 3.24. The molecule has 2 rings (SSSR count). The Morgan fingerprint density at radius 2 is 2.44 bits per heavy atom. The van der Waals surface area contributed by atoms with Crippen LogP contribution in [0.4, 0.5) is 0 Å². The predicted molar refractivity (Wildman–Crippen MR) is 36.1 cm³/mol. The van der Waals surface area contributed by atoms with Crippen molar-refractivity contribution >= 4 is 0 Å². The van der Waals surface area contributed by atoms with Crippen LogP contribution < -0.4 is 0 Å². The van der Waals surface area contributed by atoms with Crippen LogP contribution in [0.5, 0.6) is 0 Å². The fourth-order valence-electron chi connectivity index (χ4n) is 1.64. The van der Waals surface area contributed by atoms with Gasteiger partial charge in [0.15, 0.2) is 0 Å². The van der Waals surface area contributed by atoms with E-state index in [2.05, 4.69) is 18.7 Å². The largest absolute Gasteiger partial charge is 0.380 e. The maximum Gasteiger partial charge on any atom is 0.0715 e. The molecule has 1 saturated carbocycles. The third kappa shape index (κ3) is 0.527. The van der Waals surface area contributed by atoms with Crippen molar-refractivity contribution in [2.45, 2.75) is 6.10 Å². The number of hydrogen-bond acceptors (Lipinski definition) is 1. The lowest BCUT2D eigenvalue weighted by molar-refractivity contribution is 0.167. The predicted octanol–water partition coefficient (Wildman–Crippen LogP) is 1.37. The minimum atomic E-state index is 0.461. The molecule has 2 aliphatic rings. The average molecular weight is 122 g/mol. The fraction of sp³-hybridized carbons (Fsp3) is 0.500. The molecule has 0 bridgehead atoms. The van der Waals surface area contributed by atoms with Crippen molar-refractivity contribution in [1.29, 1.82) is 0 Å². The summed E-state index contributed by atoms with van der Waals surface area (Å²) in [5.41, 5.74) is 1.24. The van der Waals surface area contributed by atoms with Crippen LogP contribution in [0.1, 0.15) is 0 Å². The van der Waals surface area contributed by atoms with E-state index in [4.69, 9.17) is 4.74 Å².